The van der Waals surface area contributed by atoms with Gasteiger partial charge in [-0.1, -0.05) is 29.8 Å². The SMILES string of the molecule is COc1cc(C)ccc1C(C)NCc1ccc(F)c(Cl)c1. The summed E-state index contributed by atoms with van der Waals surface area (Å²) in [7, 11) is 1.67. The van der Waals surface area contributed by atoms with Gasteiger partial charge in [-0.2, -0.15) is 0 Å². The van der Waals surface area contributed by atoms with Crippen LogP contribution in [0.25, 0.3) is 0 Å². The van der Waals surface area contributed by atoms with Crippen molar-refractivity contribution in [3.63, 3.8) is 0 Å². The lowest BCUT2D eigenvalue weighted by Gasteiger charge is -2.18. The molecule has 1 atom stereocenters. The number of aryl methyl sites for hydroxylation is 1. The van der Waals surface area contributed by atoms with Crippen LogP contribution >= 0.6 is 11.6 Å². The third-order valence-electron chi connectivity index (χ3n) is 3.45. The van der Waals surface area contributed by atoms with Gasteiger partial charge in [0, 0.05) is 18.2 Å². The average Bonchev–Trinajstić information content (AvgIpc) is 2.48. The Morgan fingerprint density at radius 1 is 1.24 bits per heavy atom. The summed E-state index contributed by atoms with van der Waals surface area (Å²) in [6, 6.07) is 11.0. The molecule has 2 aromatic carbocycles. The minimum Gasteiger partial charge on any atom is -0.496 e. The highest BCUT2D eigenvalue weighted by Gasteiger charge is 2.11. The monoisotopic (exact) mass is 307 g/mol. The molecule has 0 spiro atoms. The fourth-order valence-electron chi connectivity index (χ4n) is 2.21. The molecule has 21 heavy (non-hydrogen) atoms. The number of halogens is 2. The molecule has 0 fully saturated rings. The number of methoxy groups -OCH3 is 1. The largest absolute Gasteiger partial charge is 0.496 e. The van der Waals surface area contributed by atoms with Crippen molar-refractivity contribution in [3.05, 3.63) is 63.9 Å². The minimum atomic E-state index is -0.395. The van der Waals surface area contributed by atoms with E-state index >= 15 is 0 Å². The lowest BCUT2D eigenvalue weighted by Crippen LogP contribution is -2.18. The molecule has 112 valence electrons. The molecule has 0 heterocycles. The maximum absolute atomic E-state index is 13.1. The molecule has 0 aromatic heterocycles. The molecule has 2 aromatic rings. The summed E-state index contributed by atoms with van der Waals surface area (Å²) in [5.41, 5.74) is 3.20. The summed E-state index contributed by atoms with van der Waals surface area (Å²) in [6.45, 7) is 4.71. The molecule has 0 aliphatic rings. The predicted molar refractivity (Wildman–Crippen MR) is 84.4 cm³/mol. The molecule has 4 heteroatoms. The molecule has 0 aliphatic carbocycles. The molecular weight excluding hydrogens is 289 g/mol. The molecule has 2 rings (SSSR count). The fourth-order valence-corrected chi connectivity index (χ4v) is 2.41. The van der Waals surface area contributed by atoms with Gasteiger partial charge in [0.2, 0.25) is 0 Å². The van der Waals surface area contributed by atoms with Crippen LogP contribution in [0, 0.1) is 12.7 Å². The minimum absolute atomic E-state index is 0.115. The third-order valence-corrected chi connectivity index (χ3v) is 3.74. The number of ether oxygens (including phenoxy) is 1. The van der Waals surface area contributed by atoms with E-state index in [0.717, 1.165) is 22.4 Å². The average molecular weight is 308 g/mol. The smallest absolute Gasteiger partial charge is 0.141 e. The Morgan fingerprint density at radius 2 is 2.00 bits per heavy atom. The topological polar surface area (TPSA) is 21.3 Å². The Morgan fingerprint density at radius 3 is 2.67 bits per heavy atom. The zero-order valence-corrected chi connectivity index (χ0v) is 13.2. The van der Waals surface area contributed by atoms with E-state index in [2.05, 4.69) is 24.4 Å². The van der Waals surface area contributed by atoms with Crippen molar-refractivity contribution < 1.29 is 9.13 Å². The molecule has 2 nitrogen and oxygen atoms in total. The van der Waals surface area contributed by atoms with Crippen LogP contribution in [0.2, 0.25) is 5.02 Å². The van der Waals surface area contributed by atoms with Gasteiger partial charge in [0.1, 0.15) is 11.6 Å². The van der Waals surface area contributed by atoms with E-state index in [-0.39, 0.29) is 11.1 Å². The first-order chi connectivity index (χ1) is 10.0. The van der Waals surface area contributed by atoms with E-state index in [1.54, 1.807) is 19.2 Å². The Hall–Kier alpha value is -1.58. The second-order valence-corrected chi connectivity index (χ2v) is 5.50. The first-order valence-corrected chi connectivity index (χ1v) is 7.21. The van der Waals surface area contributed by atoms with Crippen molar-refractivity contribution in [2.45, 2.75) is 26.4 Å². The second kappa shape index (κ2) is 6.92. The highest BCUT2D eigenvalue weighted by atomic mass is 35.5. The van der Waals surface area contributed by atoms with E-state index in [0.29, 0.717) is 6.54 Å². The van der Waals surface area contributed by atoms with Gasteiger partial charge >= 0.3 is 0 Å². The molecule has 0 amide bonds. The molecule has 0 saturated heterocycles. The van der Waals surface area contributed by atoms with Crippen molar-refractivity contribution in [2.75, 3.05) is 7.11 Å². The molecule has 0 bridgehead atoms. The number of nitrogens with one attached hydrogen (secondary N) is 1. The van der Waals surface area contributed by atoms with E-state index in [1.165, 1.54) is 6.07 Å². The van der Waals surface area contributed by atoms with Gasteiger partial charge in [0.15, 0.2) is 0 Å². The molecule has 0 radical (unpaired) electrons. The molecule has 1 N–H and O–H groups in total. The molecule has 0 saturated carbocycles. The van der Waals surface area contributed by atoms with Crippen LogP contribution in [-0.2, 0) is 6.54 Å². The van der Waals surface area contributed by atoms with Gasteiger partial charge in [-0.3, -0.25) is 0 Å². The predicted octanol–water partition coefficient (Wildman–Crippen LogP) is 4.65. The Balaban J connectivity index is 2.07. The summed E-state index contributed by atoms with van der Waals surface area (Å²) in [4.78, 5) is 0. The Labute approximate surface area is 129 Å². The van der Waals surface area contributed by atoms with Crippen LogP contribution in [0.4, 0.5) is 4.39 Å². The third kappa shape index (κ3) is 3.96. The lowest BCUT2D eigenvalue weighted by molar-refractivity contribution is 0.401. The highest BCUT2D eigenvalue weighted by molar-refractivity contribution is 6.30. The first kappa shape index (κ1) is 15.8. The van der Waals surface area contributed by atoms with Gasteiger partial charge in [0.25, 0.3) is 0 Å². The van der Waals surface area contributed by atoms with E-state index in [4.69, 9.17) is 16.3 Å². The van der Waals surface area contributed by atoms with Crippen LogP contribution in [0.5, 0.6) is 5.75 Å². The zero-order valence-electron chi connectivity index (χ0n) is 12.4. The summed E-state index contributed by atoms with van der Waals surface area (Å²) in [5.74, 6) is 0.473. The van der Waals surface area contributed by atoms with E-state index in [1.807, 2.05) is 13.0 Å². The van der Waals surface area contributed by atoms with Gasteiger partial charge in [-0.05, 0) is 43.2 Å². The van der Waals surface area contributed by atoms with Gasteiger partial charge < -0.3 is 10.1 Å². The molecule has 0 aliphatic heterocycles. The number of benzene rings is 2. The van der Waals surface area contributed by atoms with Gasteiger partial charge in [-0.15, -0.1) is 0 Å². The normalized spacial score (nSPS) is 12.2. The van der Waals surface area contributed by atoms with Crippen LogP contribution in [0.15, 0.2) is 36.4 Å². The van der Waals surface area contributed by atoms with Crippen molar-refractivity contribution in [1.82, 2.24) is 5.32 Å². The summed E-state index contributed by atoms with van der Waals surface area (Å²) in [5, 5.41) is 3.54. The zero-order chi connectivity index (χ0) is 15.4. The summed E-state index contributed by atoms with van der Waals surface area (Å²) < 4.78 is 18.6. The lowest BCUT2D eigenvalue weighted by atomic mass is 10.0. The number of hydrogen-bond donors (Lipinski definition) is 1. The van der Waals surface area contributed by atoms with E-state index < -0.39 is 5.82 Å². The standard InChI is InChI=1S/C17H19ClFNO/c1-11-4-6-14(17(8-11)21-3)12(2)20-10-13-5-7-16(19)15(18)9-13/h4-9,12,20H,10H2,1-3H3. The van der Waals surface area contributed by atoms with Crippen LogP contribution in [-0.4, -0.2) is 7.11 Å². The summed E-state index contributed by atoms with van der Waals surface area (Å²) in [6.07, 6.45) is 0. The molecule has 1 unspecified atom stereocenters. The number of hydrogen-bond acceptors (Lipinski definition) is 2. The van der Waals surface area contributed by atoms with Crippen molar-refractivity contribution >= 4 is 11.6 Å². The van der Waals surface area contributed by atoms with Crippen LogP contribution in [0.3, 0.4) is 0 Å². The van der Waals surface area contributed by atoms with Crippen molar-refractivity contribution in [2.24, 2.45) is 0 Å². The molecular formula is C17H19ClFNO. The van der Waals surface area contributed by atoms with Crippen molar-refractivity contribution in [3.8, 4) is 5.75 Å². The maximum atomic E-state index is 13.1. The number of rotatable bonds is 5. The second-order valence-electron chi connectivity index (χ2n) is 5.10. The quantitative estimate of drug-likeness (QED) is 0.868. The van der Waals surface area contributed by atoms with Crippen molar-refractivity contribution in [1.29, 1.82) is 0 Å². The Bertz CT molecular complexity index is 630. The highest BCUT2D eigenvalue weighted by Crippen LogP contribution is 2.26. The maximum Gasteiger partial charge on any atom is 0.141 e. The van der Waals surface area contributed by atoms with E-state index in [9.17, 15) is 4.39 Å². The fraction of sp³-hybridized carbons (Fsp3) is 0.294. The first-order valence-electron chi connectivity index (χ1n) is 6.83. The van der Waals surface area contributed by atoms with Gasteiger partial charge in [-0.25, -0.2) is 4.39 Å². The van der Waals surface area contributed by atoms with Crippen LogP contribution < -0.4 is 10.1 Å². The Kier molecular flexibility index (Phi) is 5.21. The van der Waals surface area contributed by atoms with Gasteiger partial charge in [0.05, 0.1) is 12.1 Å². The van der Waals surface area contributed by atoms with Crippen LogP contribution in [0.1, 0.15) is 29.7 Å². The summed E-state index contributed by atoms with van der Waals surface area (Å²) >= 11 is 5.79.